The molecular formula is C33H40O22. The number of aliphatic hydroxyl groups excluding tert-OH is 8. The Kier molecular flexibility index (Phi) is 11.6. The van der Waals surface area contributed by atoms with E-state index in [0.717, 1.165) is 25.3 Å². The van der Waals surface area contributed by atoms with Gasteiger partial charge < -0.3 is 104 Å². The monoisotopic (exact) mass is 788 g/mol. The molecule has 0 bridgehead atoms. The molecule has 3 aliphatic heterocycles. The van der Waals surface area contributed by atoms with Gasteiger partial charge in [-0.2, -0.15) is 0 Å². The second-order valence-electron chi connectivity index (χ2n) is 13.1. The summed E-state index contributed by atoms with van der Waals surface area (Å²) in [6.45, 7) is -3.22. The first-order valence-corrected chi connectivity index (χ1v) is 16.6. The summed E-state index contributed by atoms with van der Waals surface area (Å²) in [5, 5.41) is 135. The minimum atomic E-state index is -2.22. The highest BCUT2D eigenvalue weighted by Crippen LogP contribution is 2.45. The van der Waals surface area contributed by atoms with E-state index in [4.69, 9.17) is 37.6 Å². The van der Waals surface area contributed by atoms with Gasteiger partial charge in [0.25, 0.3) is 0 Å². The van der Waals surface area contributed by atoms with Crippen LogP contribution in [0.3, 0.4) is 0 Å². The van der Waals surface area contributed by atoms with Gasteiger partial charge in [0.2, 0.25) is 23.2 Å². The van der Waals surface area contributed by atoms with Crippen LogP contribution in [0.1, 0.15) is 0 Å². The number of aromatic hydroxyl groups is 4. The van der Waals surface area contributed by atoms with Crippen LogP contribution >= 0.6 is 0 Å². The predicted octanol–water partition coefficient (Wildman–Crippen LogP) is -4.24. The fraction of sp³-hybridized carbons (Fsp3) is 0.545. The van der Waals surface area contributed by atoms with Crippen LogP contribution in [0.4, 0.5) is 0 Å². The van der Waals surface area contributed by atoms with Gasteiger partial charge in [0, 0.05) is 11.6 Å². The van der Waals surface area contributed by atoms with Crippen molar-refractivity contribution in [2.45, 2.75) is 79.4 Å². The number of hydrogen-bond acceptors (Lipinski definition) is 22. The number of benzene rings is 2. The first-order chi connectivity index (χ1) is 26.0. The highest BCUT2D eigenvalue weighted by molar-refractivity contribution is 5.91. The second-order valence-corrected chi connectivity index (χ2v) is 13.1. The van der Waals surface area contributed by atoms with Crippen LogP contribution in [-0.2, 0) is 23.7 Å². The lowest BCUT2D eigenvalue weighted by atomic mass is 9.97. The molecule has 3 aromatic rings. The molecule has 4 heterocycles. The summed E-state index contributed by atoms with van der Waals surface area (Å²) in [5.41, 5.74) is -3.97. The van der Waals surface area contributed by atoms with Crippen molar-refractivity contribution in [2.75, 3.05) is 33.5 Å². The Morgan fingerprint density at radius 2 is 1.49 bits per heavy atom. The Bertz CT molecular complexity index is 1900. The fourth-order valence-electron chi connectivity index (χ4n) is 6.31. The molecule has 3 fully saturated rings. The first-order valence-electron chi connectivity index (χ1n) is 16.6. The standard InChI is InChI=1S/C33H40O22/c1-48-26-13(38)5-14-17(20(26)41)21(42)27(25(51-14)10-2-3-11(36)12(37)4-10)54-31-28(55-32-29(46)33(47,8-35)9-50-32)23(44)19(40)16(53-31)7-49-30-24(45)22(43)18(39)15(6-34)52-30/h2-5,15-16,18-19,22-24,28-32,34-41,43-47H,6-9H2,1H3/t15-,16-,18-,19-,22+,23+,24-,28-,29+,30-,31+,32+,33-/m1/s1. The second kappa shape index (κ2) is 15.8. The molecule has 0 radical (unpaired) electrons. The molecule has 0 aliphatic carbocycles. The lowest BCUT2D eigenvalue weighted by Gasteiger charge is -2.44. The van der Waals surface area contributed by atoms with Gasteiger partial charge in [0.1, 0.15) is 65.4 Å². The zero-order chi connectivity index (χ0) is 40.1. The third-order valence-corrected chi connectivity index (χ3v) is 9.51. The van der Waals surface area contributed by atoms with E-state index in [1.54, 1.807) is 0 Å². The maximum atomic E-state index is 14.2. The van der Waals surface area contributed by atoms with Crippen LogP contribution < -0.4 is 14.9 Å². The number of ether oxygens (including phenoxy) is 7. The zero-order valence-electron chi connectivity index (χ0n) is 28.6. The number of fused-ring (bicyclic) bond motifs is 1. The molecule has 6 rings (SSSR count). The third kappa shape index (κ3) is 7.34. The Morgan fingerprint density at radius 3 is 2.13 bits per heavy atom. The van der Waals surface area contributed by atoms with Gasteiger partial charge in [-0.15, -0.1) is 0 Å². The van der Waals surface area contributed by atoms with E-state index in [-0.39, 0.29) is 5.56 Å². The number of methoxy groups -OCH3 is 1. The average molecular weight is 789 g/mol. The van der Waals surface area contributed by atoms with Crippen molar-refractivity contribution in [3.8, 4) is 45.8 Å². The summed E-state index contributed by atoms with van der Waals surface area (Å²) in [6.07, 6.45) is -22.1. The summed E-state index contributed by atoms with van der Waals surface area (Å²) < 4.78 is 44.6. The number of phenols is 4. The normalized spacial score (nSPS) is 35.2. The van der Waals surface area contributed by atoms with Crippen molar-refractivity contribution < 1.29 is 104 Å². The van der Waals surface area contributed by atoms with Gasteiger partial charge in [-0.25, -0.2) is 0 Å². The molecule has 3 saturated heterocycles. The van der Waals surface area contributed by atoms with Gasteiger partial charge in [0.05, 0.1) is 33.5 Å². The van der Waals surface area contributed by atoms with Gasteiger partial charge in [-0.3, -0.25) is 4.79 Å². The largest absolute Gasteiger partial charge is 0.504 e. The number of rotatable bonds is 11. The highest BCUT2D eigenvalue weighted by atomic mass is 16.8. The van der Waals surface area contributed by atoms with Crippen molar-refractivity contribution in [3.63, 3.8) is 0 Å². The van der Waals surface area contributed by atoms with Crippen LogP contribution in [0.2, 0.25) is 0 Å². The predicted molar refractivity (Wildman–Crippen MR) is 175 cm³/mol. The van der Waals surface area contributed by atoms with Gasteiger partial charge in [-0.05, 0) is 18.2 Å². The Labute approximate surface area is 308 Å². The first kappa shape index (κ1) is 40.6. The maximum Gasteiger partial charge on any atom is 0.239 e. The minimum Gasteiger partial charge on any atom is -0.504 e. The highest BCUT2D eigenvalue weighted by Gasteiger charge is 2.54. The molecule has 304 valence electrons. The van der Waals surface area contributed by atoms with Crippen molar-refractivity contribution in [1.82, 2.24) is 0 Å². The molecule has 22 nitrogen and oxygen atoms in total. The molecular weight excluding hydrogens is 748 g/mol. The molecule has 0 saturated carbocycles. The molecule has 13 N–H and O–H groups in total. The van der Waals surface area contributed by atoms with Crippen LogP contribution in [-0.4, -0.2) is 179 Å². The Morgan fingerprint density at radius 1 is 0.800 bits per heavy atom. The summed E-state index contributed by atoms with van der Waals surface area (Å²) in [4.78, 5) is 14.2. The van der Waals surface area contributed by atoms with Crippen molar-refractivity contribution in [1.29, 1.82) is 0 Å². The van der Waals surface area contributed by atoms with E-state index in [1.807, 2.05) is 0 Å². The Hall–Kier alpha value is -4.11. The van der Waals surface area contributed by atoms with Crippen LogP contribution in [0.5, 0.6) is 34.5 Å². The lowest BCUT2D eigenvalue weighted by Crippen LogP contribution is -2.63. The van der Waals surface area contributed by atoms with Gasteiger partial charge >= 0.3 is 0 Å². The van der Waals surface area contributed by atoms with Crippen molar-refractivity contribution >= 4 is 11.0 Å². The quantitative estimate of drug-likeness (QED) is 0.0818. The fourth-order valence-corrected chi connectivity index (χ4v) is 6.31. The lowest BCUT2D eigenvalue weighted by molar-refractivity contribution is -0.337. The van der Waals surface area contributed by atoms with E-state index >= 15 is 0 Å². The maximum absolute atomic E-state index is 14.2. The van der Waals surface area contributed by atoms with Crippen LogP contribution in [0.25, 0.3) is 22.3 Å². The zero-order valence-corrected chi connectivity index (χ0v) is 28.6. The summed E-state index contributed by atoms with van der Waals surface area (Å²) >= 11 is 0. The summed E-state index contributed by atoms with van der Waals surface area (Å²) in [5.74, 6) is -4.71. The molecule has 0 spiro atoms. The van der Waals surface area contributed by atoms with Crippen molar-refractivity contribution in [3.05, 3.63) is 34.5 Å². The molecule has 3 aliphatic rings. The third-order valence-electron chi connectivity index (χ3n) is 9.51. The smallest absolute Gasteiger partial charge is 0.239 e. The van der Waals surface area contributed by atoms with E-state index in [0.29, 0.717) is 0 Å². The molecule has 0 unspecified atom stereocenters. The van der Waals surface area contributed by atoms with Crippen LogP contribution in [0.15, 0.2) is 33.5 Å². The van der Waals surface area contributed by atoms with Crippen LogP contribution in [0, 0.1) is 0 Å². The number of phenolic OH excluding ortho intramolecular Hbond substituents is 4. The van der Waals surface area contributed by atoms with Crippen molar-refractivity contribution in [2.24, 2.45) is 0 Å². The molecule has 0 amide bonds. The molecule has 55 heavy (non-hydrogen) atoms. The number of hydrogen-bond donors (Lipinski definition) is 13. The van der Waals surface area contributed by atoms with Gasteiger partial charge in [-0.1, -0.05) is 0 Å². The molecule has 22 heteroatoms. The Balaban J connectivity index is 1.42. The number of aliphatic hydroxyl groups is 9. The minimum absolute atomic E-state index is 0.141. The van der Waals surface area contributed by atoms with E-state index in [1.165, 1.54) is 6.07 Å². The molecule has 13 atom stereocenters. The van der Waals surface area contributed by atoms with Gasteiger partial charge in [0.15, 0.2) is 47.4 Å². The van der Waals surface area contributed by atoms with E-state index in [2.05, 4.69) is 0 Å². The topological polar surface area (TPSA) is 358 Å². The van der Waals surface area contributed by atoms with E-state index in [9.17, 15) is 71.2 Å². The average Bonchev–Trinajstić information content (AvgIpc) is 3.44. The molecule has 1 aromatic heterocycles. The van der Waals surface area contributed by atoms with E-state index < -0.39 is 162 Å². The molecule has 2 aromatic carbocycles. The summed E-state index contributed by atoms with van der Waals surface area (Å²) in [7, 11) is 1.08. The SMILES string of the molecule is COc1c(O)cc2oc(-c3ccc(O)c(O)c3)c(O[C@@H]3O[C@H](CO[C@@H]4O[C@H](CO)[C@@H](O)[C@H](O)[C@H]4O)[C@@H](O)[C@H](O)[C@H]3O[C@@H]3OC[C@](O)(CO)[C@H]3O)c(=O)c2c1O. The summed E-state index contributed by atoms with van der Waals surface area (Å²) in [6, 6.07) is 4.09.